The molecule has 2 fully saturated rings. The summed E-state index contributed by atoms with van der Waals surface area (Å²) in [5.74, 6) is 0. The maximum absolute atomic E-state index is 3.76. The fourth-order valence-corrected chi connectivity index (χ4v) is 3.69. The van der Waals surface area contributed by atoms with Gasteiger partial charge in [0, 0.05) is 18.6 Å². The van der Waals surface area contributed by atoms with Crippen molar-refractivity contribution in [2.45, 2.75) is 57.2 Å². The predicted octanol–water partition coefficient (Wildman–Crippen LogP) is 3.18. The maximum atomic E-state index is 3.76. The van der Waals surface area contributed by atoms with Gasteiger partial charge in [0.25, 0.3) is 0 Å². The summed E-state index contributed by atoms with van der Waals surface area (Å²) in [7, 11) is 0. The molecule has 2 heteroatoms. The van der Waals surface area contributed by atoms with Gasteiger partial charge in [0.15, 0.2) is 0 Å². The minimum Gasteiger partial charge on any atom is -0.312 e. The van der Waals surface area contributed by atoms with E-state index in [0.717, 1.165) is 18.6 Å². The van der Waals surface area contributed by atoms with Crippen LogP contribution in [-0.4, -0.2) is 30.1 Å². The van der Waals surface area contributed by atoms with Crippen LogP contribution in [-0.2, 0) is 6.54 Å². The van der Waals surface area contributed by atoms with Crippen LogP contribution in [0.4, 0.5) is 0 Å². The molecule has 0 saturated carbocycles. The summed E-state index contributed by atoms with van der Waals surface area (Å²) in [5, 5.41) is 3.76. The third kappa shape index (κ3) is 3.37. The molecular weight excluding hydrogens is 232 g/mol. The maximum Gasteiger partial charge on any atom is 0.0252 e. The molecule has 1 aromatic carbocycles. The summed E-state index contributed by atoms with van der Waals surface area (Å²) >= 11 is 0. The predicted molar refractivity (Wildman–Crippen MR) is 80.1 cm³/mol. The van der Waals surface area contributed by atoms with Gasteiger partial charge in [-0.05, 0) is 44.3 Å². The molecule has 1 aromatic rings. The highest BCUT2D eigenvalue weighted by Crippen LogP contribution is 2.25. The first-order valence-electron chi connectivity index (χ1n) is 7.95. The van der Waals surface area contributed by atoms with Gasteiger partial charge in [-0.1, -0.05) is 43.2 Å². The zero-order valence-electron chi connectivity index (χ0n) is 11.9. The lowest BCUT2D eigenvalue weighted by Gasteiger charge is -2.42. The van der Waals surface area contributed by atoms with Crippen molar-refractivity contribution in [1.29, 1.82) is 0 Å². The van der Waals surface area contributed by atoms with Crippen LogP contribution in [0.2, 0.25) is 0 Å². The van der Waals surface area contributed by atoms with Gasteiger partial charge in [-0.25, -0.2) is 0 Å². The number of benzene rings is 1. The SMILES string of the molecule is c1ccc(CN2CCCCC2C2CCCCN2)cc1. The second-order valence-corrected chi connectivity index (χ2v) is 6.08. The molecule has 19 heavy (non-hydrogen) atoms. The van der Waals surface area contributed by atoms with Gasteiger partial charge in [0.2, 0.25) is 0 Å². The summed E-state index contributed by atoms with van der Waals surface area (Å²) in [6.07, 6.45) is 8.31. The van der Waals surface area contributed by atoms with Gasteiger partial charge >= 0.3 is 0 Å². The molecule has 0 amide bonds. The minimum absolute atomic E-state index is 0.734. The molecule has 0 bridgehead atoms. The summed E-state index contributed by atoms with van der Waals surface area (Å²) in [4.78, 5) is 2.72. The van der Waals surface area contributed by atoms with Crippen molar-refractivity contribution in [3.05, 3.63) is 35.9 Å². The van der Waals surface area contributed by atoms with Crippen molar-refractivity contribution >= 4 is 0 Å². The van der Waals surface area contributed by atoms with Crippen LogP contribution >= 0.6 is 0 Å². The van der Waals surface area contributed by atoms with Gasteiger partial charge in [-0.15, -0.1) is 0 Å². The van der Waals surface area contributed by atoms with E-state index in [9.17, 15) is 0 Å². The van der Waals surface area contributed by atoms with E-state index in [2.05, 4.69) is 40.5 Å². The van der Waals surface area contributed by atoms with Crippen LogP contribution in [0.15, 0.2) is 30.3 Å². The monoisotopic (exact) mass is 258 g/mol. The van der Waals surface area contributed by atoms with Crippen LogP contribution < -0.4 is 5.32 Å². The minimum atomic E-state index is 0.734. The summed E-state index contributed by atoms with van der Waals surface area (Å²) in [6.45, 7) is 3.63. The van der Waals surface area contributed by atoms with E-state index in [4.69, 9.17) is 0 Å². The molecule has 2 heterocycles. The van der Waals surface area contributed by atoms with Gasteiger partial charge in [-0.2, -0.15) is 0 Å². The number of piperidine rings is 2. The van der Waals surface area contributed by atoms with E-state index in [1.807, 2.05) is 0 Å². The molecule has 2 aliphatic rings. The van der Waals surface area contributed by atoms with Crippen molar-refractivity contribution in [3.63, 3.8) is 0 Å². The molecule has 104 valence electrons. The number of likely N-dealkylation sites (tertiary alicyclic amines) is 1. The average Bonchev–Trinajstić information content (AvgIpc) is 2.50. The van der Waals surface area contributed by atoms with E-state index >= 15 is 0 Å². The van der Waals surface area contributed by atoms with E-state index in [-0.39, 0.29) is 0 Å². The molecule has 2 aliphatic heterocycles. The fourth-order valence-electron chi connectivity index (χ4n) is 3.69. The Morgan fingerprint density at radius 1 is 1.00 bits per heavy atom. The normalized spacial score (nSPS) is 29.3. The molecule has 2 saturated heterocycles. The highest BCUT2D eigenvalue weighted by molar-refractivity contribution is 5.15. The Kier molecular flexibility index (Phi) is 4.52. The molecule has 2 nitrogen and oxygen atoms in total. The molecule has 0 aromatic heterocycles. The topological polar surface area (TPSA) is 15.3 Å². The molecule has 0 radical (unpaired) electrons. The van der Waals surface area contributed by atoms with E-state index in [1.54, 1.807) is 0 Å². The van der Waals surface area contributed by atoms with Gasteiger partial charge in [0.05, 0.1) is 0 Å². The summed E-state index contributed by atoms with van der Waals surface area (Å²) in [5.41, 5.74) is 1.46. The van der Waals surface area contributed by atoms with Crippen LogP contribution in [0.5, 0.6) is 0 Å². The highest BCUT2D eigenvalue weighted by atomic mass is 15.2. The number of rotatable bonds is 3. The number of hydrogen-bond donors (Lipinski definition) is 1. The van der Waals surface area contributed by atoms with Gasteiger partial charge in [-0.3, -0.25) is 4.90 Å². The fraction of sp³-hybridized carbons (Fsp3) is 0.647. The second-order valence-electron chi connectivity index (χ2n) is 6.08. The molecule has 0 aliphatic carbocycles. The Balaban J connectivity index is 1.66. The molecule has 3 rings (SSSR count). The lowest BCUT2D eigenvalue weighted by atomic mass is 9.90. The van der Waals surface area contributed by atoms with Gasteiger partial charge in [0.1, 0.15) is 0 Å². The van der Waals surface area contributed by atoms with Crippen LogP contribution in [0.1, 0.15) is 44.1 Å². The first-order valence-corrected chi connectivity index (χ1v) is 7.95. The van der Waals surface area contributed by atoms with Crippen molar-refractivity contribution < 1.29 is 0 Å². The third-order valence-corrected chi connectivity index (χ3v) is 4.71. The smallest absolute Gasteiger partial charge is 0.0252 e. The second kappa shape index (κ2) is 6.53. The number of nitrogens with zero attached hydrogens (tertiary/aromatic N) is 1. The molecule has 2 atom stereocenters. The Hall–Kier alpha value is -0.860. The van der Waals surface area contributed by atoms with Crippen molar-refractivity contribution in [2.75, 3.05) is 13.1 Å². The molecule has 2 unspecified atom stereocenters. The highest BCUT2D eigenvalue weighted by Gasteiger charge is 2.30. The third-order valence-electron chi connectivity index (χ3n) is 4.71. The van der Waals surface area contributed by atoms with E-state index in [1.165, 1.54) is 57.2 Å². The Labute approximate surface area is 117 Å². The van der Waals surface area contributed by atoms with Crippen molar-refractivity contribution in [1.82, 2.24) is 10.2 Å². The Bertz CT molecular complexity index is 370. The lowest BCUT2D eigenvalue weighted by Crippen LogP contribution is -2.53. The molecule has 1 N–H and O–H groups in total. The average molecular weight is 258 g/mol. The number of nitrogens with one attached hydrogen (secondary N) is 1. The van der Waals surface area contributed by atoms with Gasteiger partial charge < -0.3 is 5.32 Å². The zero-order chi connectivity index (χ0) is 12.9. The van der Waals surface area contributed by atoms with Crippen LogP contribution in [0, 0.1) is 0 Å². The van der Waals surface area contributed by atoms with Crippen LogP contribution in [0.25, 0.3) is 0 Å². The first-order chi connectivity index (χ1) is 9.43. The summed E-state index contributed by atoms with van der Waals surface area (Å²) in [6, 6.07) is 12.5. The zero-order valence-corrected chi connectivity index (χ0v) is 11.9. The standard InChI is InChI=1S/C17H26N2/c1-2-8-15(9-3-1)14-19-13-7-5-11-17(19)16-10-4-6-12-18-16/h1-3,8-9,16-18H,4-7,10-14H2. The molecular formula is C17H26N2. The Morgan fingerprint density at radius 3 is 2.63 bits per heavy atom. The summed E-state index contributed by atoms with van der Waals surface area (Å²) < 4.78 is 0. The first kappa shape index (κ1) is 13.1. The number of hydrogen-bond acceptors (Lipinski definition) is 2. The largest absolute Gasteiger partial charge is 0.312 e. The Morgan fingerprint density at radius 2 is 1.84 bits per heavy atom. The molecule has 0 spiro atoms. The van der Waals surface area contributed by atoms with Crippen LogP contribution in [0.3, 0.4) is 0 Å². The van der Waals surface area contributed by atoms with E-state index < -0.39 is 0 Å². The lowest BCUT2D eigenvalue weighted by molar-refractivity contribution is 0.0964. The van der Waals surface area contributed by atoms with E-state index in [0.29, 0.717) is 0 Å². The quantitative estimate of drug-likeness (QED) is 0.896. The van der Waals surface area contributed by atoms with Crippen molar-refractivity contribution in [3.8, 4) is 0 Å². The van der Waals surface area contributed by atoms with Crippen molar-refractivity contribution in [2.24, 2.45) is 0 Å².